The second-order valence-corrected chi connectivity index (χ2v) is 5.35. The number of halogens is 2. The van der Waals surface area contributed by atoms with Gasteiger partial charge in [0.15, 0.2) is 5.75 Å². The first-order chi connectivity index (χ1) is 8.49. The number of rotatable bonds is 2. The summed E-state index contributed by atoms with van der Waals surface area (Å²) in [4.78, 5) is 0.579. The van der Waals surface area contributed by atoms with Crippen molar-refractivity contribution in [2.24, 2.45) is 0 Å². The van der Waals surface area contributed by atoms with Crippen LogP contribution in [0.1, 0.15) is 0 Å². The van der Waals surface area contributed by atoms with Gasteiger partial charge in [0.05, 0.1) is 14.8 Å². The molecule has 0 spiro atoms. The lowest BCUT2D eigenvalue weighted by molar-refractivity contribution is 0.428. The van der Waals surface area contributed by atoms with Crippen LogP contribution in [0.5, 0.6) is 17.2 Å². The Hall–Kier alpha value is -1.23. The standard InChI is InChI=1S/C12H8Cl2O3S/c13-6-1-3-8(15)10(5-6)18-12-9(16)4-2-7(14)11(12)17/h1-5,15-17H. The Balaban J connectivity index is 2.46. The van der Waals surface area contributed by atoms with E-state index in [4.69, 9.17) is 23.2 Å². The lowest BCUT2D eigenvalue weighted by Gasteiger charge is -2.09. The summed E-state index contributed by atoms with van der Waals surface area (Å²) < 4.78 is 0. The zero-order valence-corrected chi connectivity index (χ0v) is 11.2. The maximum atomic E-state index is 9.77. The quantitative estimate of drug-likeness (QED) is 0.775. The Morgan fingerprint density at radius 3 is 2.28 bits per heavy atom. The molecule has 0 aliphatic rings. The number of hydrogen-bond donors (Lipinski definition) is 3. The molecule has 2 rings (SSSR count). The fourth-order valence-electron chi connectivity index (χ4n) is 1.32. The molecule has 0 saturated heterocycles. The van der Waals surface area contributed by atoms with Gasteiger partial charge in [-0.2, -0.15) is 0 Å². The van der Waals surface area contributed by atoms with E-state index in [-0.39, 0.29) is 27.2 Å². The van der Waals surface area contributed by atoms with Gasteiger partial charge in [-0.15, -0.1) is 0 Å². The minimum absolute atomic E-state index is 0.00294. The Kier molecular flexibility index (Phi) is 3.80. The SMILES string of the molecule is Oc1ccc(Cl)cc1Sc1c(O)ccc(Cl)c1O. The van der Waals surface area contributed by atoms with Crippen LogP contribution in [0, 0.1) is 0 Å². The van der Waals surface area contributed by atoms with Gasteiger partial charge in [-0.05, 0) is 30.3 Å². The number of benzene rings is 2. The van der Waals surface area contributed by atoms with Gasteiger partial charge in [-0.1, -0.05) is 35.0 Å². The Morgan fingerprint density at radius 2 is 1.56 bits per heavy atom. The van der Waals surface area contributed by atoms with Gasteiger partial charge in [-0.3, -0.25) is 0 Å². The highest BCUT2D eigenvalue weighted by Crippen LogP contribution is 2.46. The first kappa shape index (κ1) is 13.2. The molecule has 3 N–H and O–H groups in total. The van der Waals surface area contributed by atoms with E-state index in [0.717, 1.165) is 11.8 Å². The molecule has 2 aromatic rings. The van der Waals surface area contributed by atoms with Crippen molar-refractivity contribution in [3.05, 3.63) is 40.4 Å². The van der Waals surface area contributed by atoms with Crippen molar-refractivity contribution < 1.29 is 15.3 Å². The highest BCUT2D eigenvalue weighted by Gasteiger charge is 2.14. The molecule has 2 aromatic carbocycles. The lowest BCUT2D eigenvalue weighted by Crippen LogP contribution is -1.80. The molecule has 0 unspecified atom stereocenters. The topological polar surface area (TPSA) is 60.7 Å². The van der Waals surface area contributed by atoms with Crippen molar-refractivity contribution in [3.63, 3.8) is 0 Å². The van der Waals surface area contributed by atoms with Gasteiger partial charge in [0.25, 0.3) is 0 Å². The monoisotopic (exact) mass is 302 g/mol. The molecule has 0 aliphatic heterocycles. The van der Waals surface area contributed by atoms with Crippen molar-refractivity contribution in [2.75, 3.05) is 0 Å². The Morgan fingerprint density at radius 1 is 0.889 bits per heavy atom. The average molecular weight is 303 g/mol. The second-order valence-electron chi connectivity index (χ2n) is 3.46. The number of aromatic hydroxyl groups is 3. The third-order valence-corrected chi connectivity index (χ3v) is 3.89. The van der Waals surface area contributed by atoms with E-state index in [0.29, 0.717) is 9.92 Å². The molecular weight excluding hydrogens is 295 g/mol. The predicted octanol–water partition coefficient (Wildman–Crippen LogP) is 4.26. The summed E-state index contributed by atoms with van der Waals surface area (Å²) in [6.45, 7) is 0. The summed E-state index contributed by atoms with van der Waals surface area (Å²) in [5.74, 6) is -0.356. The van der Waals surface area contributed by atoms with E-state index in [1.807, 2.05) is 0 Å². The molecule has 3 nitrogen and oxygen atoms in total. The van der Waals surface area contributed by atoms with Crippen LogP contribution in [0.15, 0.2) is 40.1 Å². The van der Waals surface area contributed by atoms with Crippen LogP contribution in [-0.2, 0) is 0 Å². The zero-order valence-electron chi connectivity index (χ0n) is 8.89. The molecule has 0 aliphatic carbocycles. The second kappa shape index (κ2) is 5.18. The van der Waals surface area contributed by atoms with Crippen LogP contribution in [0.2, 0.25) is 10.0 Å². The van der Waals surface area contributed by atoms with Gasteiger partial charge < -0.3 is 15.3 Å². The summed E-state index contributed by atoms with van der Waals surface area (Å²) >= 11 is 12.6. The van der Waals surface area contributed by atoms with Crippen LogP contribution >= 0.6 is 35.0 Å². The predicted molar refractivity (Wildman–Crippen MR) is 72.0 cm³/mol. The van der Waals surface area contributed by atoms with E-state index >= 15 is 0 Å². The average Bonchev–Trinajstić information content (AvgIpc) is 2.34. The molecule has 94 valence electrons. The summed E-state index contributed by atoms with van der Waals surface area (Å²) in [5.41, 5.74) is 0. The van der Waals surface area contributed by atoms with E-state index in [9.17, 15) is 15.3 Å². The molecule has 0 bridgehead atoms. The highest BCUT2D eigenvalue weighted by molar-refractivity contribution is 7.99. The van der Waals surface area contributed by atoms with E-state index in [1.54, 1.807) is 6.07 Å². The van der Waals surface area contributed by atoms with E-state index in [2.05, 4.69) is 0 Å². The maximum Gasteiger partial charge on any atom is 0.151 e. The molecule has 6 heteroatoms. The summed E-state index contributed by atoms with van der Waals surface area (Å²) in [5, 5.41) is 29.7. The van der Waals surface area contributed by atoms with Crippen molar-refractivity contribution >= 4 is 35.0 Å². The number of phenols is 3. The Bertz CT molecular complexity index is 602. The minimum Gasteiger partial charge on any atom is -0.507 e. The van der Waals surface area contributed by atoms with Gasteiger partial charge in [0, 0.05) is 5.02 Å². The van der Waals surface area contributed by atoms with Gasteiger partial charge in [0.2, 0.25) is 0 Å². The minimum atomic E-state index is -0.235. The number of phenolic OH excluding ortho intramolecular Hbond substituents is 3. The lowest BCUT2D eigenvalue weighted by atomic mass is 10.3. The van der Waals surface area contributed by atoms with Crippen molar-refractivity contribution in [1.82, 2.24) is 0 Å². The fourth-order valence-corrected chi connectivity index (χ4v) is 2.72. The van der Waals surface area contributed by atoms with E-state index < -0.39 is 0 Å². The highest BCUT2D eigenvalue weighted by atomic mass is 35.5. The van der Waals surface area contributed by atoms with Crippen molar-refractivity contribution in [3.8, 4) is 17.2 Å². The molecular formula is C12H8Cl2O3S. The smallest absolute Gasteiger partial charge is 0.151 e. The fraction of sp³-hybridized carbons (Fsp3) is 0. The molecule has 0 fully saturated rings. The molecule has 0 amide bonds. The number of hydrogen-bond acceptors (Lipinski definition) is 4. The van der Waals surface area contributed by atoms with Crippen LogP contribution < -0.4 is 0 Å². The maximum absolute atomic E-state index is 9.77. The molecule has 0 atom stereocenters. The molecule has 18 heavy (non-hydrogen) atoms. The first-order valence-electron chi connectivity index (χ1n) is 4.86. The van der Waals surface area contributed by atoms with Gasteiger partial charge >= 0.3 is 0 Å². The van der Waals surface area contributed by atoms with Crippen LogP contribution in [-0.4, -0.2) is 15.3 Å². The summed E-state index contributed by atoms with van der Waals surface area (Å²) in [6.07, 6.45) is 0. The molecule has 0 radical (unpaired) electrons. The summed E-state index contributed by atoms with van der Waals surface area (Å²) in [7, 11) is 0. The third-order valence-electron chi connectivity index (χ3n) is 2.20. The van der Waals surface area contributed by atoms with Crippen molar-refractivity contribution in [1.29, 1.82) is 0 Å². The van der Waals surface area contributed by atoms with Crippen LogP contribution in [0.25, 0.3) is 0 Å². The molecule has 0 saturated carbocycles. The summed E-state index contributed by atoms with van der Waals surface area (Å²) in [6, 6.07) is 7.25. The third kappa shape index (κ3) is 2.61. The van der Waals surface area contributed by atoms with Gasteiger partial charge in [-0.25, -0.2) is 0 Å². The van der Waals surface area contributed by atoms with Gasteiger partial charge in [0.1, 0.15) is 11.5 Å². The first-order valence-corrected chi connectivity index (χ1v) is 6.43. The normalized spacial score (nSPS) is 10.6. The van der Waals surface area contributed by atoms with Crippen LogP contribution in [0.3, 0.4) is 0 Å². The largest absolute Gasteiger partial charge is 0.507 e. The molecule has 0 aromatic heterocycles. The van der Waals surface area contributed by atoms with E-state index in [1.165, 1.54) is 24.3 Å². The molecule has 0 heterocycles. The zero-order chi connectivity index (χ0) is 13.3. The van der Waals surface area contributed by atoms with Crippen molar-refractivity contribution in [2.45, 2.75) is 9.79 Å². The Labute approximate surface area is 118 Å². The van der Waals surface area contributed by atoms with Crippen LogP contribution in [0.4, 0.5) is 0 Å².